The van der Waals surface area contributed by atoms with Crippen LogP contribution >= 0.6 is 0 Å². The van der Waals surface area contributed by atoms with Crippen LogP contribution in [0.2, 0.25) is 0 Å². The zero-order valence-corrected chi connectivity index (χ0v) is 14.1. The minimum atomic E-state index is -4.75. The first-order chi connectivity index (χ1) is 11.8. The number of hydroxylamine groups is 2. The van der Waals surface area contributed by atoms with Crippen molar-refractivity contribution in [3.8, 4) is 0 Å². The third kappa shape index (κ3) is 3.21. The summed E-state index contributed by atoms with van der Waals surface area (Å²) < 4.78 is 40.7. The molecule has 1 aromatic rings. The number of hydrogen-bond donors (Lipinski definition) is 2. The van der Waals surface area contributed by atoms with Crippen molar-refractivity contribution >= 4 is 16.4 Å². The van der Waals surface area contributed by atoms with Gasteiger partial charge in [0.1, 0.15) is 6.04 Å². The van der Waals surface area contributed by atoms with E-state index >= 15 is 0 Å². The Balaban J connectivity index is 1.46. The maximum atomic E-state index is 12.4. The molecule has 1 aromatic heterocycles. The van der Waals surface area contributed by atoms with Crippen molar-refractivity contribution in [2.45, 2.75) is 50.2 Å². The van der Waals surface area contributed by atoms with E-state index in [-0.39, 0.29) is 12.6 Å². The molecule has 12 heteroatoms. The highest BCUT2D eigenvalue weighted by molar-refractivity contribution is 7.80. The molecule has 0 aromatic carbocycles. The molecular weight excluding hydrogens is 354 g/mol. The van der Waals surface area contributed by atoms with Gasteiger partial charge in [-0.25, -0.2) is 4.79 Å². The molecule has 2 saturated heterocycles. The molecule has 4 rings (SSSR count). The number of nitrogens with zero attached hydrogens (tertiary/aromatic N) is 4. The van der Waals surface area contributed by atoms with Gasteiger partial charge in [0.2, 0.25) is 11.8 Å². The van der Waals surface area contributed by atoms with Crippen LogP contribution in [-0.4, -0.2) is 57.8 Å². The first-order valence-corrected chi connectivity index (χ1v) is 9.51. The van der Waals surface area contributed by atoms with Crippen LogP contribution < -0.4 is 5.73 Å². The molecule has 0 spiro atoms. The molecule has 3 aliphatic rings. The number of rotatable bonds is 5. The summed E-state index contributed by atoms with van der Waals surface area (Å²) in [4.78, 5) is 13.8. The van der Waals surface area contributed by atoms with E-state index in [2.05, 4.69) is 14.5 Å². The van der Waals surface area contributed by atoms with E-state index in [1.165, 1.54) is 4.90 Å². The molecule has 1 saturated carbocycles. The van der Waals surface area contributed by atoms with Crippen molar-refractivity contribution in [3.63, 3.8) is 0 Å². The largest absolute Gasteiger partial charge is 0.423 e. The van der Waals surface area contributed by atoms with Crippen molar-refractivity contribution in [1.29, 1.82) is 0 Å². The zero-order valence-electron chi connectivity index (χ0n) is 13.3. The van der Waals surface area contributed by atoms with Crippen LogP contribution in [0.5, 0.6) is 0 Å². The molecule has 2 bridgehead atoms. The summed E-state index contributed by atoms with van der Waals surface area (Å²) in [5, 5.41) is 8.80. The number of amides is 2. The van der Waals surface area contributed by atoms with E-state index in [4.69, 9.17) is 14.7 Å². The maximum Gasteiger partial charge on any atom is 0.418 e. The van der Waals surface area contributed by atoms with Crippen LogP contribution in [0.3, 0.4) is 0 Å². The fourth-order valence-electron chi connectivity index (χ4n) is 3.77. The lowest BCUT2D eigenvalue weighted by molar-refractivity contribution is -0.0317. The van der Waals surface area contributed by atoms with Crippen LogP contribution in [0.15, 0.2) is 4.42 Å². The fourth-order valence-corrected chi connectivity index (χ4v) is 4.16. The van der Waals surface area contributed by atoms with Crippen LogP contribution in [-0.2, 0) is 21.1 Å². The number of fused-ring (bicyclic) bond motifs is 2. The van der Waals surface area contributed by atoms with Crippen molar-refractivity contribution in [2.24, 2.45) is 11.7 Å². The Bertz CT molecular complexity index is 776. The van der Waals surface area contributed by atoms with Crippen molar-refractivity contribution in [2.75, 3.05) is 6.54 Å². The molecule has 3 N–H and O–H groups in total. The highest BCUT2D eigenvalue weighted by Gasteiger charge is 2.49. The summed E-state index contributed by atoms with van der Waals surface area (Å²) in [6, 6.07) is -1.26. The Kier molecular flexibility index (Phi) is 3.94. The normalized spacial score (nSPS) is 32.2. The Morgan fingerprint density at radius 1 is 1.32 bits per heavy atom. The van der Waals surface area contributed by atoms with Gasteiger partial charge < -0.3 is 15.1 Å². The van der Waals surface area contributed by atoms with E-state index in [0.717, 1.165) is 12.8 Å². The van der Waals surface area contributed by atoms with Crippen molar-refractivity contribution in [1.82, 2.24) is 20.2 Å². The predicted molar refractivity (Wildman–Crippen MR) is 81.0 cm³/mol. The third-order valence-corrected chi connectivity index (χ3v) is 5.35. The Morgan fingerprint density at radius 3 is 2.76 bits per heavy atom. The third-order valence-electron chi connectivity index (χ3n) is 5.00. The van der Waals surface area contributed by atoms with Crippen LogP contribution in [0.1, 0.15) is 43.5 Å². The smallest absolute Gasteiger partial charge is 0.418 e. The Labute approximate surface area is 144 Å². The quantitative estimate of drug-likeness (QED) is 0.680. The summed E-state index contributed by atoms with van der Waals surface area (Å²) in [5.74, 6) is 1.30. The van der Waals surface area contributed by atoms with Crippen molar-refractivity contribution in [3.05, 3.63) is 11.8 Å². The molecule has 0 unspecified atom stereocenters. The van der Waals surface area contributed by atoms with Gasteiger partial charge in [-0.3, -0.25) is 4.55 Å². The highest BCUT2D eigenvalue weighted by Crippen LogP contribution is 2.38. The van der Waals surface area contributed by atoms with Crippen molar-refractivity contribution < 1.29 is 26.5 Å². The van der Waals surface area contributed by atoms with Gasteiger partial charge in [-0.15, -0.1) is 14.5 Å². The second kappa shape index (κ2) is 5.90. The lowest BCUT2D eigenvalue weighted by Gasteiger charge is -2.31. The minimum Gasteiger partial charge on any atom is -0.423 e. The van der Waals surface area contributed by atoms with E-state index in [1.807, 2.05) is 0 Å². The molecular formula is C13H19N5O6S. The molecule has 2 atom stereocenters. The van der Waals surface area contributed by atoms with E-state index in [1.54, 1.807) is 0 Å². The first-order valence-electron chi connectivity index (χ1n) is 8.15. The molecule has 3 heterocycles. The molecule has 3 fully saturated rings. The van der Waals surface area contributed by atoms with Gasteiger partial charge in [-0.1, -0.05) is 0 Å². The van der Waals surface area contributed by atoms with E-state index in [0.29, 0.717) is 42.0 Å². The van der Waals surface area contributed by atoms with Gasteiger partial charge in [0.15, 0.2) is 0 Å². The number of nitrogens with two attached hydrogens (primary N) is 1. The van der Waals surface area contributed by atoms with Crippen LogP contribution in [0.25, 0.3) is 0 Å². The SMILES string of the molecule is NC1CC(Cc2nnc([C@@H]3CC[C@H]4CN3C(=O)N4OS(=O)(=O)O)o2)C1. The Hall–Kier alpha value is -1.76. The standard InChI is InChI=1S/C13H19N5O6S/c14-8-3-7(4-8)5-11-15-16-12(23-11)10-2-1-9-6-17(10)13(19)18(9)24-25(20,21)22/h7-10H,1-6,14H2,(H,20,21,22)/t7?,8?,9-,10-/m0/s1. The zero-order chi connectivity index (χ0) is 17.8. The average molecular weight is 373 g/mol. The minimum absolute atomic E-state index is 0.249. The number of hydrogen-bond acceptors (Lipinski definition) is 8. The van der Waals surface area contributed by atoms with Crippen LogP contribution in [0, 0.1) is 5.92 Å². The fraction of sp³-hybridized carbons (Fsp3) is 0.769. The first kappa shape index (κ1) is 16.7. The number of aromatic nitrogens is 2. The number of carbonyl (C=O) groups is 1. The summed E-state index contributed by atoms with van der Waals surface area (Å²) in [5.41, 5.74) is 5.77. The van der Waals surface area contributed by atoms with Crippen LogP contribution in [0.4, 0.5) is 4.79 Å². The molecule has 2 aliphatic heterocycles. The molecule has 138 valence electrons. The summed E-state index contributed by atoms with van der Waals surface area (Å²) >= 11 is 0. The monoisotopic (exact) mass is 373 g/mol. The summed E-state index contributed by atoms with van der Waals surface area (Å²) in [6.07, 6.45) is 3.59. The average Bonchev–Trinajstić information content (AvgIpc) is 3.05. The van der Waals surface area contributed by atoms with E-state index < -0.39 is 28.5 Å². The summed E-state index contributed by atoms with van der Waals surface area (Å²) in [7, 11) is -4.75. The maximum absolute atomic E-state index is 12.4. The highest BCUT2D eigenvalue weighted by atomic mass is 32.3. The summed E-state index contributed by atoms with van der Waals surface area (Å²) in [6.45, 7) is 0.272. The van der Waals surface area contributed by atoms with Gasteiger partial charge >= 0.3 is 16.4 Å². The number of urea groups is 1. The molecule has 1 aliphatic carbocycles. The van der Waals surface area contributed by atoms with Gasteiger partial charge in [-0.05, 0) is 31.6 Å². The predicted octanol–water partition coefficient (Wildman–Crippen LogP) is 0.0249. The van der Waals surface area contributed by atoms with Gasteiger partial charge in [0.05, 0.1) is 6.04 Å². The second-order valence-electron chi connectivity index (χ2n) is 6.85. The van der Waals surface area contributed by atoms with Gasteiger partial charge in [0.25, 0.3) is 0 Å². The van der Waals surface area contributed by atoms with E-state index in [9.17, 15) is 13.2 Å². The lowest BCUT2D eigenvalue weighted by atomic mass is 9.79. The lowest BCUT2D eigenvalue weighted by Crippen LogP contribution is -2.37. The second-order valence-corrected chi connectivity index (χ2v) is 7.85. The number of piperidine rings is 1. The molecule has 25 heavy (non-hydrogen) atoms. The molecule has 11 nitrogen and oxygen atoms in total. The molecule has 0 radical (unpaired) electrons. The van der Waals surface area contributed by atoms with Gasteiger partial charge in [0, 0.05) is 19.0 Å². The van der Waals surface area contributed by atoms with Gasteiger partial charge in [-0.2, -0.15) is 13.5 Å². The Morgan fingerprint density at radius 2 is 2.08 bits per heavy atom. The topological polar surface area (TPSA) is 152 Å². The number of carbonyl (C=O) groups excluding carboxylic acids is 1. The molecule has 2 amide bonds.